The number of ether oxygens (including phenoxy) is 4. The fraction of sp³-hybridized carbons (Fsp3) is 0.542. The van der Waals surface area contributed by atoms with Gasteiger partial charge in [0.05, 0.1) is 14.2 Å². The molecule has 5 aliphatic rings. The van der Waals surface area contributed by atoms with Crippen LogP contribution in [0.1, 0.15) is 24.8 Å². The Morgan fingerprint density at radius 1 is 1.14 bits per heavy atom. The van der Waals surface area contributed by atoms with Gasteiger partial charge in [-0.3, -0.25) is 9.69 Å². The number of aliphatic carboxylic acids is 1. The molecule has 5 atom stereocenters. The van der Waals surface area contributed by atoms with Gasteiger partial charge < -0.3 is 29.2 Å². The summed E-state index contributed by atoms with van der Waals surface area (Å²) in [6.45, 7) is 1.00. The highest BCUT2D eigenvalue weighted by Gasteiger charge is 2.75. The van der Waals surface area contributed by atoms with Gasteiger partial charge in [0.1, 0.15) is 11.1 Å². The van der Waals surface area contributed by atoms with Crippen LogP contribution in [0.25, 0.3) is 0 Å². The minimum Gasteiger partial charge on any atom is -0.481 e. The molecule has 2 N–H and O–H groups in total. The number of benzene rings is 1. The lowest BCUT2D eigenvalue weighted by atomic mass is 9.47. The number of hydrogen-bond donors (Lipinski definition) is 2. The molecule has 1 saturated heterocycles. The van der Waals surface area contributed by atoms with Crippen LogP contribution in [-0.4, -0.2) is 79.0 Å². The van der Waals surface area contributed by atoms with Crippen LogP contribution in [0.2, 0.25) is 0 Å². The molecule has 186 valence electrons. The van der Waals surface area contributed by atoms with Crippen molar-refractivity contribution in [2.45, 2.75) is 36.4 Å². The van der Waals surface area contributed by atoms with Crippen LogP contribution in [0, 0.1) is 11.3 Å². The zero-order valence-electron chi connectivity index (χ0n) is 19.4. The van der Waals surface area contributed by atoms with Gasteiger partial charge in [-0.1, -0.05) is 18.2 Å². The first kappa shape index (κ1) is 22.2. The maximum Gasteiger partial charge on any atom is 0.417 e. The van der Waals surface area contributed by atoms with E-state index in [0.717, 1.165) is 19.1 Å². The number of esters is 1. The number of aliphatic hydroxyl groups is 1. The number of carbonyl (C=O) groups excluding carboxylic acids is 2. The summed E-state index contributed by atoms with van der Waals surface area (Å²) in [7, 11) is 2.30. The average Bonchev–Trinajstić information content (AvgIpc) is 3.50. The van der Waals surface area contributed by atoms with Crippen molar-refractivity contribution in [3.05, 3.63) is 29.8 Å². The fourth-order valence-electron chi connectivity index (χ4n) is 7.53. The Kier molecular flexibility index (Phi) is 4.50. The molecule has 2 fully saturated rings. The van der Waals surface area contributed by atoms with Gasteiger partial charge in [-0.15, -0.1) is 0 Å². The molecule has 1 aromatic carbocycles. The summed E-state index contributed by atoms with van der Waals surface area (Å²) in [4.78, 5) is 42.4. The lowest BCUT2D eigenvalue weighted by molar-refractivity contribution is -0.183. The Bertz CT molecular complexity index is 1180. The van der Waals surface area contributed by atoms with Gasteiger partial charge in [-0.2, -0.15) is 0 Å². The van der Waals surface area contributed by atoms with Gasteiger partial charge in [-0.25, -0.2) is 14.5 Å². The second-order valence-corrected chi connectivity index (χ2v) is 9.75. The van der Waals surface area contributed by atoms with Crippen molar-refractivity contribution in [2.24, 2.45) is 11.3 Å². The molecule has 4 aliphatic heterocycles. The Balaban J connectivity index is 1.72. The molecular weight excluding hydrogens is 460 g/mol. The van der Waals surface area contributed by atoms with Crippen molar-refractivity contribution in [1.82, 2.24) is 4.90 Å². The molecular formula is C24H26N2O9. The van der Waals surface area contributed by atoms with Crippen LogP contribution in [0.3, 0.4) is 0 Å². The second kappa shape index (κ2) is 7.11. The Morgan fingerprint density at radius 3 is 2.66 bits per heavy atom. The lowest BCUT2D eigenvalue weighted by Crippen LogP contribution is -2.75. The summed E-state index contributed by atoms with van der Waals surface area (Å²) in [5.74, 6) is -2.30. The summed E-state index contributed by atoms with van der Waals surface area (Å²) in [6, 6.07) is 2.96. The highest BCUT2D eigenvalue weighted by atomic mass is 16.7. The molecule has 0 unspecified atom stereocenters. The standard InChI is InChI=1S/C24H26N2O9/c1-32-20(29)24(31)15-6-8-22(19(27)28)7-3-10-25-11-9-23(15,18(22)25)13-4-5-14-17(35-12-34-14)16(13)26(24)21(30)33-2/h3-5,7,15,18,31H,6,8-12H2,1-2H3,(H,27,28)/t15-,18-,22-,23-,24-/m1/s1. The van der Waals surface area contributed by atoms with E-state index in [1.54, 1.807) is 18.2 Å². The summed E-state index contributed by atoms with van der Waals surface area (Å²) in [6.07, 6.45) is 3.48. The van der Waals surface area contributed by atoms with E-state index in [0.29, 0.717) is 30.8 Å². The van der Waals surface area contributed by atoms with Crippen LogP contribution < -0.4 is 14.4 Å². The number of anilines is 1. The third-order valence-electron chi connectivity index (χ3n) is 8.68. The van der Waals surface area contributed by atoms with Crippen molar-refractivity contribution in [3.63, 3.8) is 0 Å². The van der Waals surface area contributed by atoms with E-state index < -0.39 is 46.5 Å². The third kappa shape index (κ3) is 2.40. The number of hydrogen-bond acceptors (Lipinski definition) is 9. The van der Waals surface area contributed by atoms with Crippen LogP contribution in [0.4, 0.5) is 10.5 Å². The molecule has 6 rings (SSSR count). The van der Waals surface area contributed by atoms with E-state index in [1.165, 1.54) is 0 Å². The largest absolute Gasteiger partial charge is 0.481 e. The molecule has 0 radical (unpaired) electrons. The lowest BCUT2D eigenvalue weighted by Gasteiger charge is -2.62. The first-order valence-electron chi connectivity index (χ1n) is 11.5. The van der Waals surface area contributed by atoms with Gasteiger partial charge in [0.25, 0.3) is 5.72 Å². The van der Waals surface area contributed by atoms with Crippen molar-refractivity contribution < 1.29 is 43.5 Å². The van der Waals surface area contributed by atoms with Gasteiger partial charge in [0, 0.05) is 23.9 Å². The summed E-state index contributed by atoms with van der Waals surface area (Å²) in [5.41, 5.74) is -3.90. The number of amides is 1. The second-order valence-electron chi connectivity index (χ2n) is 9.75. The smallest absolute Gasteiger partial charge is 0.417 e. The van der Waals surface area contributed by atoms with Crippen molar-refractivity contribution in [3.8, 4) is 11.5 Å². The van der Waals surface area contributed by atoms with Crippen molar-refractivity contribution >= 4 is 23.7 Å². The molecule has 1 aromatic rings. The van der Waals surface area contributed by atoms with Crippen LogP contribution in [-0.2, 0) is 24.5 Å². The number of carbonyl (C=O) groups is 3. The van der Waals surface area contributed by atoms with Gasteiger partial charge >= 0.3 is 18.0 Å². The molecule has 1 aliphatic carbocycles. The quantitative estimate of drug-likeness (QED) is 0.464. The van der Waals surface area contributed by atoms with E-state index >= 15 is 0 Å². The molecule has 1 saturated carbocycles. The van der Waals surface area contributed by atoms with E-state index in [4.69, 9.17) is 18.9 Å². The average molecular weight is 486 g/mol. The maximum atomic E-state index is 13.4. The highest BCUT2D eigenvalue weighted by molar-refractivity contribution is 6.02. The van der Waals surface area contributed by atoms with Crippen LogP contribution in [0.5, 0.6) is 11.5 Å². The van der Waals surface area contributed by atoms with E-state index in [9.17, 15) is 24.6 Å². The topological polar surface area (TPSA) is 135 Å². The first-order valence-corrected chi connectivity index (χ1v) is 11.5. The zero-order chi connectivity index (χ0) is 24.8. The van der Waals surface area contributed by atoms with E-state index in [-0.39, 0.29) is 31.1 Å². The Labute approximate surface area is 200 Å². The molecule has 1 spiro atoms. The van der Waals surface area contributed by atoms with Gasteiger partial charge in [0.2, 0.25) is 6.79 Å². The van der Waals surface area contributed by atoms with Crippen LogP contribution in [0.15, 0.2) is 24.3 Å². The maximum absolute atomic E-state index is 13.4. The predicted molar refractivity (Wildman–Crippen MR) is 118 cm³/mol. The summed E-state index contributed by atoms with van der Waals surface area (Å²) < 4.78 is 21.4. The summed E-state index contributed by atoms with van der Waals surface area (Å²) in [5, 5.41) is 22.8. The number of nitrogens with zero attached hydrogens (tertiary/aromatic N) is 2. The minimum absolute atomic E-state index is 0.106. The molecule has 0 aromatic heterocycles. The minimum atomic E-state index is -2.46. The van der Waals surface area contributed by atoms with Crippen molar-refractivity contribution in [1.29, 1.82) is 0 Å². The Morgan fingerprint density at radius 2 is 1.94 bits per heavy atom. The van der Waals surface area contributed by atoms with Gasteiger partial charge in [0.15, 0.2) is 11.5 Å². The SMILES string of the molecule is COC(=O)N1c2c(ccc3c2OCO3)[C@]23CCN4CC=C[C@@](C(=O)O)(CC[C@H]2[C@@]1(O)C(=O)OC)[C@@H]43. The van der Waals surface area contributed by atoms with Crippen molar-refractivity contribution in [2.75, 3.05) is 39.0 Å². The monoisotopic (exact) mass is 486 g/mol. The third-order valence-corrected chi connectivity index (χ3v) is 8.68. The Hall–Kier alpha value is -3.31. The highest BCUT2D eigenvalue weighted by Crippen LogP contribution is 2.68. The number of fused-ring (bicyclic) bond motifs is 3. The molecule has 35 heavy (non-hydrogen) atoms. The fourth-order valence-corrected chi connectivity index (χ4v) is 7.53. The van der Waals surface area contributed by atoms with E-state index in [1.807, 2.05) is 6.08 Å². The molecule has 4 heterocycles. The molecule has 11 nitrogen and oxygen atoms in total. The van der Waals surface area contributed by atoms with Gasteiger partial charge in [-0.05, 0) is 37.4 Å². The molecule has 11 heteroatoms. The van der Waals surface area contributed by atoms with Crippen LogP contribution >= 0.6 is 0 Å². The molecule has 1 amide bonds. The number of carboxylic acid groups (broad SMARTS) is 1. The first-order chi connectivity index (χ1) is 16.8. The zero-order valence-corrected chi connectivity index (χ0v) is 19.4. The number of methoxy groups -OCH3 is 2. The number of carboxylic acids is 1. The van der Waals surface area contributed by atoms with E-state index in [2.05, 4.69) is 4.90 Å². The normalized spacial score (nSPS) is 36.1. The summed E-state index contributed by atoms with van der Waals surface area (Å²) >= 11 is 0. The number of rotatable bonds is 2. The predicted octanol–water partition coefficient (Wildman–Crippen LogP) is 1.23. The molecule has 0 bridgehead atoms.